The molecule has 2 aromatic heterocycles. The molecule has 0 bridgehead atoms. The molecule has 45 heavy (non-hydrogen) atoms. The zero-order valence-electron chi connectivity index (χ0n) is 25.4. The Morgan fingerprint density at radius 2 is 1.58 bits per heavy atom. The third kappa shape index (κ3) is 7.21. The molecule has 226 valence electrons. The second-order valence-electron chi connectivity index (χ2n) is 10.8. The highest BCUT2D eigenvalue weighted by Crippen LogP contribution is 2.29. The van der Waals surface area contributed by atoms with Crippen molar-refractivity contribution in [3.63, 3.8) is 0 Å². The van der Waals surface area contributed by atoms with Crippen LogP contribution in [-0.2, 0) is 19.3 Å². The first kappa shape index (κ1) is 29.6. The molecule has 4 aromatic carbocycles. The molecule has 0 amide bonds. The number of carbonyl (C=O) groups is 1. The fourth-order valence-corrected chi connectivity index (χ4v) is 5.20. The number of anilines is 1. The summed E-state index contributed by atoms with van der Waals surface area (Å²) in [6.45, 7) is 4.45. The van der Waals surface area contributed by atoms with Crippen LogP contribution >= 0.6 is 0 Å². The fraction of sp³-hybridized carbons (Fsp3) is 0.184. The van der Waals surface area contributed by atoms with Crippen LogP contribution in [-0.4, -0.2) is 22.4 Å². The van der Waals surface area contributed by atoms with E-state index in [1.165, 1.54) is 0 Å². The lowest BCUT2D eigenvalue weighted by molar-refractivity contribution is 0.103. The van der Waals surface area contributed by atoms with Crippen molar-refractivity contribution in [2.24, 2.45) is 0 Å². The van der Waals surface area contributed by atoms with Gasteiger partial charge in [-0.05, 0) is 55.3 Å². The molecule has 2 heterocycles. The maximum absolute atomic E-state index is 13.4. The molecule has 7 nitrogen and oxygen atoms in total. The van der Waals surface area contributed by atoms with Gasteiger partial charge in [0.1, 0.15) is 17.8 Å². The molecule has 0 aliphatic rings. The number of para-hydroxylation sites is 1. The summed E-state index contributed by atoms with van der Waals surface area (Å²) < 4.78 is 17.8. The summed E-state index contributed by atoms with van der Waals surface area (Å²) in [5.74, 6) is 2.77. The minimum Gasteiger partial charge on any atom is -0.493 e. The Labute approximate surface area is 262 Å². The first-order valence-electron chi connectivity index (χ1n) is 15.2. The van der Waals surface area contributed by atoms with Gasteiger partial charge in [0.2, 0.25) is 5.89 Å². The van der Waals surface area contributed by atoms with Crippen molar-refractivity contribution in [2.75, 3.05) is 11.9 Å². The molecule has 7 heteroatoms. The summed E-state index contributed by atoms with van der Waals surface area (Å²) in [5, 5.41) is 3.62. The molecule has 0 fully saturated rings. The summed E-state index contributed by atoms with van der Waals surface area (Å²) in [6, 6.07) is 34.6. The molecule has 0 aliphatic carbocycles. The van der Waals surface area contributed by atoms with Gasteiger partial charge < -0.3 is 18.9 Å². The number of ether oxygens (including phenoxy) is 1. The van der Waals surface area contributed by atoms with Crippen LogP contribution in [0.15, 0.2) is 124 Å². The van der Waals surface area contributed by atoms with Crippen molar-refractivity contribution in [1.82, 2.24) is 9.97 Å². The molecule has 0 saturated carbocycles. The predicted molar refractivity (Wildman–Crippen MR) is 175 cm³/mol. The summed E-state index contributed by atoms with van der Waals surface area (Å²) in [4.78, 5) is 22.8. The Morgan fingerprint density at radius 1 is 0.867 bits per heavy atom. The minimum absolute atomic E-state index is 0.0381. The third-order valence-electron chi connectivity index (χ3n) is 7.68. The van der Waals surface area contributed by atoms with E-state index in [2.05, 4.69) is 15.3 Å². The number of aryl methyl sites for hydroxylation is 2. The second-order valence-corrected chi connectivity index (χ2v) is 10.8. The molecular weight excluding hydrogens is 562 g/mol. The lowest BCUT2D eigenvalue weighted by atomic mass is 9.99. The Hall–Kier alpha value is -5.43. The first-order valence-corrected chi connectivity index (χ1v) is 15.2. The normalized spacial score (nSPS) is 11.7. The molecule has 0 radical (unpaired) electrons. The van der Waals surface area contributed by atoms with Crippen molar-refractivity contribution in [2.45, 2.75) is 39.2 Å². The third-order valence-corrected chi connectivity index (χ3v) is 7.68. The van der Waals surface area contributed by atoms with Crippen LogP contribution in [0, 0.1) is 6.92 Å². The maximum atomic E-state index is 13.4. The van der Waals surface area contributed by atoms with Crippen LogP contribution in [0.1, 0.15) is 57.5 Å². The van der Waals surface area contributed by atoms with E-state index >= 15 is 0 Å². The zero-order valence-corrected chi connectivity index (χ0v) is 25.4. The number of hydrogen-bond donors (Lipinski definition) is 1. The average molecular weight is 598 g/mol. The highest BCUT2D eigenvalue weighted by molar-refractivity contribution is 6.12. The zero-order chi connectivity index (χ0) is 31.0. The van der Waals surface area contributed by atoms with Crippen molar-refractivity contribution in [3.8, 4) is 17.2 Å². The molecule has 6 aromatic rings. The largest absolute Gasteiger partial charge is 0.493 e. The maximum Gasteiger partial charge on any atom is 0.226 e. The summed E-state index contributed by atoms with van der Waals surface area (Å²) in [5.41, 5.74) is 5.75. The number of carbonyl (C=O) groups excluding carboxylic acids is 1. The van der Waals surface area contributed by atoms with Gasteiger partial charge in [0.05, 0.1) is 24.0 Å². The van der Waals surface area contributed by atoms with E-state index in [0.717, 1.165) is 46.1 Å². The highest BCUT2D eigenvalue weighted by Gasteiger charge is 2.20. The number of nitrogens with one attached hydrogen (secondary N) is 1. The SMILES string of the molecule is CCc1coc(CC(Nc2ccccc2C(=O)c2ccccc2)c2ccc(OCCc3nc(-c4ccccc4)oc3C)cc2)n1. The van der Waals surface area contributed by atoms with Gasteiger partial charge in [-0.25, -0.2) is 9.97 Å². The van der Waals surface area contributed by atoms with E-state index in [4.69, 9.17) is 13.6 Å². The quantitative estimate of drug-likeness (QED) is 0.134. The number of ketones is 1. The van der Waals surface area contributed by atoms with Crippen molar-refractivity contribution in [3.05, 3.63) is 155 Å². The van der Waals surface area contributed by atoms with Crippen molar-refractivity contribution in [1.29, 1.82) is 0 Å². The van der Waals surface area contributed by atoms with Gasteiger partial charge in [0.25, 0.3) is 0 Å². The predicted octanol–water partition coefficient (Wildman–Crippen LogP) is 8.45. The summed E-state index contributed by atoms with van der Waals surface area (Å²) in [7, 11) is 0. The Morgan fingerprint density at radius 3 is 2.31 bits per heavy atom. The number of aromatic nitrogens is 2. The van der Waals surface area contributed by atoms with E-state index in [-0.39, 0.29) is 11.8 Å². The van der Waals surface area contributed by atoms with E-state index in [0.29, 0.717) is 42.4 Å². The van der Waals surface area contributed by atoms with Gasteiger partial charge in [0.15, 0.2) is 11.7 Å². The van der Waals surface area contributed by atoms with Crippen LogP contribution in [0.25, 0.3) is 11.5 Å². The van der Waals surface area contributed by atoms with Crippen LogP contribution in [0.5, 0.6) is 5.75 Å². The van der Waals surface area contributed by atoms with Crippen LogP contribution in [0.3, 0.4) is 0 Å². The summed E-state index contributed by atoms with van der Waals surface area (Å²) in [6.07, 6.45) is 3.63. The summed E-state index contributed by atoms with van der Waals surface area (Å²) >= 11 is 0. The molecule has 1 N–H and O–H groups in total. The Balaban J connectivity index is 1.17. The minimum atomic E-state index is -0.207. The molecule has 6 rings (SSSR count). The molecule has 0 spiro atoms. The van der Waals surface area contributed by atoms with E-state index in [9.17, 15) is 4.79 Å². The van der Waals surface area contributed by atoms with Gasteiger partial charge in [0, 0.05) is 35.2 Å². The molecule has 0 saturated heterocycles. The first-order chi connectivity index (χ1) is 22.1. The molecular formula is C38H35N3O4. The lowest BCUT2D eigenvalue weighted by Gasteiger charge is -2.21. The van der Waals surface area contributed by atoms with E-state index in [1.807, 2.05) is 123 Å². The second kappa shape index (κ2) is 13.9. The van der Waals surface area contributed by atoms with Crippen LogP contribution < -0.4 is 10.1 Å². The fourth-order valence-electron chi connectivity index (χ4n) is 5.20. The number of benzene rings is 4. The average Bonchev–Trinajstić information content (AvgIpc) is 3.71. The number of rotatable bonds is 13. The van der Waals surface area contributed by atoms with Gasteiger partial charge in [-0.1, -0.05) is 79.7 Å². The number of nitrogens with zero attached hydrogens (tertiary/aromatic N) is 2. The number of oxazole rings is 2. The highest BCUT2D eigenvalue weighted by atomic mass is 16.5. The van der Waals surface area contributed by atoms with Crippen LogP contribution in [0.2, 0.25) is 0 Å². The topological polar surface area (TPSA) is 90.4 Å². The van der Waals surface area contributed by atoms with E-state index < -0.39 is 0 Å². The standard InChI is InChI=1S/C38H35N3O4/c1-3-30-25-44-36(39-30)24-35(40-34-17-11-10-16-32(34)37(42)28-12-6-4-7-13-28)27-18-20-31(21-19-27)43-23-22-33-26(2)45-38(41-33)29-14-8-5-9-15-29/h4-21,25,35,40H,3,22-24H2,1-2H3. The van der Waals surface area contributed by atoms with Gasteiger partial charge in [-0.2, -0.15) is 0 Å². The monoisotopic (exact) mass is 597 g/mol. The van der Waals surface area contributed by atoms with Gasteiger partial charge >= 0.3 is 0 Å². The van der Waals surface area contributed by atoms with Crippen molar-refractivity contribution < 1.29 is 18.4 Å². The van der Waals surface area contributed by atoms with Gasteiger partial charge in [-0.3, -0.25) is 4.79 Å². The molecule has 1 unspecified atom stereocenters. The Bertz CT molecular complexity index is 1840. The van der Waals surface area contributed by atoms with E-state index in [1.54, 1.807) is 6.26 Å². The van der Waals surface area contributed by atoms with Crippen molar-refractivity contribution >= 4 is 11.5 Å². The van der Waals surface area contributed by atoms with Crippen LogP contribution in [0.4, 0.5) is 5.69 Å². The molecule has 0 aliphatic heterocycles. The Kier molecular flexibility index (Phi) is 9.16. The number of hydrogen-bond acceptors (Lipinski definition) is 7. The van der Waals surface area contributed by atoms with Gasteiger partial charge in [-0.15, -0.1) is 0 Å². The lowest BCUT2D eigenvalue weighted by Crippen LogP contribution is -2.16. The smallest absolute Gasteiger partial charge is 0.226 e. The molecule has 1 atom stereocenters.